The number of methoxy groups -OCH3 is 1. The van der Waals surface area contributed by atoms with Gasteiger partial charge < -0.3 is 9.84 Å². The lowest BCUT2D eigenvalue weighted by atomic mass is 9.64. The van der Waals surface area contributed by atoms with E-state index < -0.39 is 23.0 Å². The summed E-state index contributed by atoms with van der Waals surface area (Å²) in [5.74, 6) is -3.59. The first-order chi connectivity index (χ1) is 8.44. The fourth-order valence-electron chi connectivity index (χ4n) is 2.26. The molecule has 0 atom stereocenters. The number of rotatable bonds is 3. The fourth-order valence-corrected chi connectivity index (χ4v) is 2.67. The minimum Gasteiger partial charge on any atom is -0.493 e. The van der Waals surface area contributed by atoms with Crippen molar-refractivity contribution >= 4 is 21.9 Å². The Hall–Kier alpha value is -1.17. The molecule has 98 valence electrons. The minimum atomic E-state index is -1.16. The summed E-state index contributed by atoms with van der Waals surface area (Å²) in [4.78, 5) is 11.4. The Labute approximate surface area is 111 Å². The van der Waals surface area contributed by atoms with Gasteiger partial charge >= 0.3 is 5.97 Å². The molecule has 0 saturated heterocycles. The molecule has 1 aliphatic rings. The molecule has 0 unspecified atom stereocenters. The molecular weight excluding hydrogens is 310 g/mol. The molecule has 2 rings (SSSR count). The quantitative estimate of drug-likeness (QED) is 0.870. The summed E-state index contributed by atoms with van der Waals surface area (Å²) in [5, 5.41) is 9.32. The fraction of sp³-hybridized carbons (Fsp3) is 0.417. The van der Waals surface area contributed by atoms with Crippen LogP contribution in [0.1, 0.15) is 24.8 Å². The maximum absolute atomic E-state index is 13.8. The van der Waals surface area contributed by atoms with Crippen molar-refractivity contribution in [2.24, 2.45) is 0 Å². The van der Waals surface area contributed by atoms with E-state index >= 15 is 0 Å². The maximum Gasteiger partial charge on any atom is 0.314 e. The third kappa shape index (κ3) is 1.70. The van der Waals surface area contributed by atoms with Crippen LogP contribution in [-0.2, 0) is 10.2 Å². The first kappa shape index (κ1) is 13.3. The Balaban J connectivity index is 2.67. The van der Waals surface area contributed by atoms with Crippen molar-refractivity contribution in [2.75, 3.05) is 7.11 Å². The number of ether oxygens (including phenoxy) is 1. The number of hydrogen-bond acceptors (Lipinski definition) is 2. The van der Waals surface area contributed by atoms with Crippen molar-refractivity contribution in [3.8, 4) is 5.75 Å². The molecule has 0 amide bonds. The van der Waals surface area contributed by atoms with Gasteiger partial charge in [0.05, 0.1) is 17.0 Å². The normalized spacial score (nSPS) is 17.1. The largest absolute Gasteiger partial charge is 0.493 e. The molecule has 0 aromatic heterocycles. The van der Waals surface area contributed by atoms with Gasteiger partial charge in [-0.2, -0.15) is 4.39 Å². The van der Waals surface area contributed by atoms with Crippen molar-refractivity contribution < 1.29 is 23.4 Å². The van der Waals surface area contributed by atoms with E-state index in [1.807, 2.05) is 0 Å². The second-order valence-electron chi connectivity index (χ2n) is 4.31. The van der Waals surface area contributed by atoms with Crippen LogP contribution in [0.3, 0.4) is 0 Å². The summed E-state index contributed by atoms with van der Waals surface area (Å²) in [6.07, 6.45) is 1.54. The van der Waals surface area contributed by atoms with Crippen LogP contribution in [0.25, 0.3) is 0 Å². The lowest BCUT2D eigenvalue weighted by Gasteiger charge is -2.39. The molecule has 1 aliphatic carbocycles. The molecule has 1 aromatic rings. The number of hydrogen-bond donors (Lipinski definition) is 1. The van der Waals surface area contributed by atoms with Gasteiger partial charge in [0.1, 0.15) is 0 Å². The summed E-state index contributed by atoms with van der Waals surface area (Å²) in [6, 6.07) is 1.30. The Bertz CT molecular complexity index is 513. The number of carbonyl (C=O) groups is 1. The van der Waals surface area contributed by atoms with Gasteiger partial charge in [0, 0.05) is 5.56 Å². The summed E-state index contributed by atoms with van der Waals surface area (Å²) in [6.45, 7) is 0. The SMILES string of the molecule is COc1c(C2(C(=O)O)CCC2)cc(Br)c(F)c1F. The molecular formula is C12H11BrF2O3. The van der Waals surface area contributed by atoms with Crippen molar-refractivity contribution in [3.05, 3.63) is 27.7 Å². The van der Waals surface area contributed by atoms with Gasteiger partial charge in [-0.25, -0.2) is 4.39 Å². The average Bonchev–Trinajstić information content (AvgIpc) is 2.24. The van der Waals surface area contributed by atoms with E-state index in [9.17, 15) is 18.7 Å². The van der Waals surface area contributed by atoms with E-state index in [-0.39, 0.29) is 15.8 Å². The zero-order valence-corrected chi connectivity index (χ0v) is 11.2. The molecule has 6 heteroatoms. The summed E-state index contributed by atoms with van der Waals surface area (Å²) < 4.78 is 31.9. The molecule has 1 fully saturated rings. The topological polar surface area (TPSA) is 46.5 Å². The van der Waals surface area contributed by atoms with Crippen molar-refractivity contribution in [2.45, 2.75) is 24.7 Å². The molecule has 1 aromatic carbocycles. The Morgan fingerprint density at radius 1 is 1.44 bits per heavy atom. The zero-order valence-electron chi connectivity index (χ0n) is 9.60. The number of aliphatic carboxylic acids is 1. The first-order valence-corrected chi connectivity index (χ1v) is 6.18. The van der Waals surface area contributed by atoms with Crippen LogP contribution in [-0.4, -0.2) is 18.2 Å². The van der Waals surface area contributed by atoms with Crippen LogP contribution in [0, 0.1) is 11.6 Å². The summed E-state index contributed by atoms with van der Waals surface area (Å²) in [7, 11) is 1.20. The predicted molar refractivity (Wildman–Crippen MR) is 63.8 cm³/mol. The van der Waals surface area contributed by atoms with E-state index in [0.29, 0.717) is 12.8 Å². The second-order valence-corrected chi connectivity index (χ2v) is 5.16. The highest BCUT2D eigenvalue weighted by molar-refractivity contribution is 9.10. The first-order valence-electron chi connectivity index (χ1n) is 5.39. The summed E-state index contributed by atoms with van der Waals surface area (Å²) >= 11 is 2.89. The molecule has 0 aliphatic heterocycles. The minimum absolute atomic E-state index is 0.0941. The van der Waals surface area contributed by atoms with Crippen LogP contribution in [0.4, 0.5) is 8.78 Å². The van der Waals surface area contributed by atoms with Crippen LogP contribution < -0.4 is 4.74 Å². The smallest absolute Gasteiger partial charge is 0.314 e. The Kier molecular flexibility index (Phi) is 3.31. The molecule has 0 radical (unpaired) electrons. The van der Waals surface area contributed by atoms with E-state index in [2.05, 4.69) is 15.9 Å². The Morgan fingerprint density at radius 2 is 2.06 bits per heavy atom. The van der Waals surface area contributed by atoms with Crippen LogP contribution in [0.2, 0.25) is 0 Å². The molecule has 0 bridgehead atoms. The highest BCUT2D eigenvalue weighted by atomic mass is 79.9. The summed E-state index contributed by atoms with van der Waals surface area (Å²) in [5.41, 5.74) is -0.975. The zero-order chi connectivity index (χ0) is 13.5. The predicted octanol–water partition coefficient (Wildman–Crippen LogP) is 3.24. The number of halogens is 3. The average molecular weight is 321 g/mol. The van der Waals surface area contributed by atoms with E-state index in [4.69, 9.17) is 4.74 Å². The highest BCUT2D eigenvalue weighted by Crippen LogP contribution is 2.49. The molecule has 3 nitrogen and oxygen atoms in total. The van der Waals surface area contributed by atoms with Gasteiger partial charge in [0.25, 0.3) is 0 Å². The van der Waals surface area contributed by atoms with Gasteiger partial charge in [-0.1, -0.05) is 6.42 Å². The van der Waals surface area contributed by atoms with E-state index in [1.165, 1.54) is 13.2 Å². The maximum atomic E-state index is 13.8. The van der Waals surface area contributed by atoms with E-state index in [1.54, 1.807) is 0 Å². The third-order valence-corrected chi connectivity index (χ3v) is 4.03. The van der Waals surface area contributed by atoms with Gasteiger partial charge in [-0.3, -0.25) is 4.79 Å². The molecule has 18 heavy (non-hydrogen) atoms. The third-order valence-electron chi connectivity index (χ3n) is 3.45. The number of carboxylic acids is 1. The standard InChI is InChI=1S/C12H11BrF2O3/c1-18-10-6(5-7(13)8(14)9(10)15)12(11(16)17)3-2-4-12/h5H,2-4H2,1H3,(H,16,17). The Morgan fingerprint density at radius 3 is 2.44 bits per heavy atom. The lowest BCUT2D eigenvalue weighted by molar-refractivity contribution is -0.147. The number of benzene rings is 1. The van der Waals surface area contributed by atoms with Crippen LogP contribution in [0.15, 0.2) is 10.5 Å². The van der Waals surface area contributed by atoms with Crippen LogP contribution in [0.5, 0.6) is 5.75 Å². The lowest BCUT2D eigenvalue weighted by Crippen LogP contribution is -2.42. The van der Waals surface area contributed by atoms with Crippen molar-refractivity contribution in [1.29, 1.82) is 0 Å². The second kappa shape index (κ2) is 4.50. The van der Waals surface area contributed by atoms with Gasteiger partial charge in [-0.15, -0.1) is 0 Å². The molecule has 0 spiro atoms. The van der Waals surface area contributed by atoms with Crippen LogP contribution >= 0.6 is 15.9 Å². The van der Waals surface area contributed by atoms with Gasteiger partial charge in [-0.05, 0) is 34.8 Å². The van der Waals surface area contributed by atoms with Crippen molar-refractivity contribution in [3.63, 3.8) is 0 Å². The van der Waals surface area contributed by atoms with E-state index in [0.717, 1.165) is 6.42 Å². The molecule has 1 saturated carbocycles. The van der Waals surface area contributed by atoms with Gasteiger partial charge in [0.2, 0.25) is 5.82 Å². The monoisotopic (exact) mass is 320 g/mol. The number of carboxylic acid groups (broad SMARTS) is 1. The van der Waals surface area contributed by atoms with Gasteiger partial charge in [0.15, 0.2) is 11.6 Å². The highest BCUT2D eigenvalue weighted by Gasteiger charge is 2.48. The van der Waals surface area contributed by atoms with Crippen molar-refractivity contribution in [1.82, 2.24) is 0 Å². The molecule has 0 heterocycles. The molecule has 1 N–H and O–H groups in total.